The molecule has 156 valence electrons. The van der Waals surface area contributed by atoms with E-state index in [2.05, 4.69) is 5.32 Å². The van der Waals surface area contributed by atoms with Gasteiger partial charge in [0.2, 0.25) is 11.7 Å². The van der Waals surface area contributed by atoms with Gasteiger partial charge < -0.3 is 10.1 Å². The van der Waals surface area contributed by atoms with Crippen LogP contribution in [0.1, 0.15) is 42.2 Å². The number of amides is 3. The minimum Gasteiger partial charge on any atom is -0.456 e. The summed E-state index contributed by atoms with van der Waals surface area (Å²) in [5.74, 6) is -2.94. The van der Waals surface area contributed by atoms with Gasteiger partial charge in [0.25, 0.3) is 11.8 Å². The van der Waals surface area contributed by atoms with E-state index in [1.165, 1.54) is 19.1 Å². The molecule has 0 atom stereocenters. The van der Waals surface area contributed by atoms with Gasteiger partial charge in [0.05, 0.1) is 32.6 Å². The highest BCUT2D eigenvalue weighted by Gasteiger charge is 2.37. The molecular weight excluding hydrogens is 455 g/mol. The largest absolute Gasteiger partial charge is 0.456 e. The van der Waals surface area contributed by atoms with E-state index in [0.29, 0.717) is 16.3 Å². The topological polar surface area (TPSA) is 110 Å². The predicted molar refractivity (Wildman–Crippen MR) is 109 cm³/mol. The van der Waals surface area contributed by atoms with Gasteiger partial charge in [0.15, 0.2) is 6.61 Å². The van der Waals surface area contributed by atoms with Gasteiger partial charge in [-0.2, -0.15) is 0 Å². The van der Waals surface area contributed by atoms with Crippen molar-refractivity contribution in [2.45, 2.75) is 13.5 Å². The molecule has 1 aliphatic heterocycles. The SMILES string of the molecule is CC(=O)NCc1ccc(C(=O)COC(=O)CN2C(=O)c3cc(Cl)c(Cl)cc3C2=O)s1. The van der Waals surface area contributed by atoms with Gasteiger partial charge in [-0.25, -0.2) is 0 Å². The number of fused-ring (bicyclic) bond motifs is 1. The summed E-state index contributed by atoms with van der Waals surface area (Å²) in [6, 6.07) is 5.79. The van der Waals surface area contributed by atoms with Crippen LogP contribution in [0.3, 0.4) is 0 Å². The van der Waals surface area contributed by atoms with E-state index >= 15 is 0 Å². The first-order valence-electron chi connectivity index (χ1n) is 8.54. The van der Waals surface area contributed by atoms with Crippen molar-refractivity contribution in [1.29, 1.82) is 0 Å². The average Bonchev–Trinajstić information content (AvgIpc) is 3.25. The molecule has 1 aromatic carbocycles. The molecule has 8 nitrogen and oxygen atoms in total. The Kier molecular flexibility index (Phi) is 6.55. The minimum atomic E-state index is -0.912. The van der Waals surface area contributed by atoms with Crippen LogP contribution >= 0.6 is 34.5 Å². The second kappa shape index (κ2) is 8.95. The number of nitrogens with one attached hydrogen (secondary N) is 1. The lowest BCUT2D eigenvalue weighted by Gasteiger charge is -2.12. The van der Waals surface area contributed by atoms with Crippen molar-refractivity contribution in [2.24, 2.45) is 0 Å². The van der Waals surface area contributed by atoms with E-state index in [1.54, 1.807) is 12.1 Å². The number of carbonyl (C=O) groups excluding carboxylic acids is 5. The van der Waals surface area contributed by atoms with Gasteiger partial charge in [-0.3, -0.25) is 28.9 Å². The maximum Gasteiger partial charge on any atom is 0.326 e. The molecule has 3 rings (SSSR count). The molecular formula is C19H14Cl2N2O6S. The first-order valence-corrected chi connectivity index (χ1v) is 10.1. The Morgan fingerprint density at radius 3 is 2.23 bits per heavy atom. The zero-order valence-electron chi connectivity index (χ0n) is 15.5. The quantitative estimate of drug-likeness (QED) is 0.380. The third-order valence-corrected chi connectivity index (χ3v) is 5.96. The molecule has 1 aromatic heterocycles. The first kappa shape index (κ1) is 21.9. The number of hydrogen-bond acceptors (Lipinski definition) is 7. The molecule has 0 fully saturated rings. The summed E-state index contributed by atoms with van der Waals surface area (Å²) < 4.78 is 4.92. The molecule has 2 aromatic rings. The fourth-order valence-corrected chi connectivity index (χ4v) is 3.85. The summed E-state index contributed by atoms with van der Waals surface area (Å²) in [5.41, 5.74) is 0.0899. The number of carbonyl (C=O) groups is 5. The number of imide groups is 1. The molecule has 0 saturated carbocycles. The Bertz CT molecular complexity index is 1040. The third kappa shape index (κ3) is 4.69. The Morgan fingerprint density at radius 1 is 1.07 bits per heavy atom. The molecule has 0 spiro atoms. The van der Waals surface area contributed by atoms with E-state index in [1.807, 2.05) is 0 Å². The maximum absolute atomic E-state index is 12.4. The van der Waals surface area contributed by atoms with E-state index < -0.39 is 36.7 Å². The molecule has 30 heavy (non-hydrogen) atoms. The van der Waals surface area contributed by atoms with Crippen molar-refractivity contribution in [3.63, 3.8) is 0 Å². The summed E-state index contributed by atoms with van der Waals surface area (Å²) in [4.78, 5) is 61.8. The number of nitrogens with zero attached hydrogens (tertiary/aromatic N) is 1. The van der Waals surface area contributed by atoms with Crippen molar-refractivity contribution in [3.05, 3.63) is 55.2 Å². The highest BCUT2D eigenvalue weighted by atomic mass is 35.5. The summed E-state index contributed by atoms with van der Waals surface area (Å²) in [7, 11) is 0. The lowest BCUT2D eigenvalue weighted by atomic mass is 10.1. The van der Waals surface area contributed by atoms with Gasteiger partial charge >= 0.3 is 5.97 Å². The van der Waals surface area contributed by atoms with Crippen LogP contribution in [0.15, 0.2) is 24.3 Å². The van der Waals surface area contributed by atoms with E-state index in [9.17, 15) is 24.0 Å². The maximum atomic E-state index is 12.4. The molecule has 3 amide bonds. The van der Waals surface area contributed by atoms with Gasteiger partial charge in [-0.05, 0) is 24.3 Å². The minimum absolute atomic E-state index is 0.0450. The number of esters is 1. The summed E-state index contributed by atoms with van der Waals surface area (Å²) in [5, 5.41) is 2.84. The van der Waals surface area contributed by atoms with Crippen LogP contribution in [-0.4, -0.2) is 47.5 Å². The van der Waals surface area contributed by atoms with Crippen LogP contribution in [0.25, 0.3) is 0 Å². The van der Waals surface area contributed by atoms with Crippen LogP contribution in [-0.2, 0) is 20.9 Å². The van der Waals surface area contributed by atoms with E-state index in [-0.39, 0.29) is 27.1 Å². The van der Waals surface area contributed by atoms with Crippen molar-refractivity contribution < 1.29 is 28.7 Å². The number of rotatable bonds is 7. The number of benzene rings is 1. The Morgan fingerprint density at radius 2 is 1.67 bits per heavy atom. The molecule has 2 heterocycles. The highest BCUT2D eigenvalue weighted by Crippen LogP contribution is 2.31. The number of thiophene rings is 1. The highest BCUT2D eigenvalue weighted by molar-refractivity contribution is 7.14. The molecule has 0 radical (unpaired) electrons. The fraction of sp³-hybridized carbons (Fsp3) is 0.211. The number of ketones is 1. The van der Waals surface area contributed by atoms with Crippen molar-refractivity contribution in [1.82, 2.24) is 10.2 Å². The number of hydrogen-bond donors (Lipinski definition) is 1. The normalized spacial score (nSPS) is 12.7. The van der Waals surface area contributed by atoms with E-state index in [0.717, 1.165) is 16.2 Å². The smallest absolute Gasteiger partial charge is 0.326 e. The third-order valence-electron chi connectivity index (χ3n) is 4.11. The Hall–Kier alpha value is -2.75. The molecule has 1 N–H and O–H groups in total. The Labute approximate surface area is 184 Å². The summed E-state index contributed by atoms with van der Waals surface area (Å²) in [6.07, 6.45) is 0. The average molecular weight is 469 g/mol. The zero-order chi connectivity index (χ0) is 22.0. The van der Waals surface area contributed by atoms with Crippen LogP contribution in [0.5, 0.6) is 0 Å². The van der Waals surface area contributed by atoms with Crippen molar-refractivity contribution in [2.75, 3.05) is 13.2 Å². The second-order valence-electron chi connectivity index (χ2n) is 6.27. The number of Topliss-reactive ketones (excluding diaryl/α,β-unsaturated/α-hetero) is 1. The van der Waals surface area contributed by atoms with Gasteiger partial charge in [0.1, 0.15) is 6.54 Å². The Balaban J connectivity index is 1.56. The number of ether oxygens (including phenoxy) is 1. The first-order chi connectivity index (χ1) is 14.2. The molecule has 0 bridgehead atoms. The van der Waals surface area contributed by atoms with Crippen LogP contribution in [0.2, 0.25) is 10.0 Å². The molecule has 11 heteroatoms. The molecule has 0 unspecified atom stereocenters. The van der Waals surface area contributed by atoms with Crippen LogP contribution in [0.4, 0.5) is 0 Å². The lowest BCUT2D eigenvalue weighted by Crippen LogP contribution is -2.36. The summed E-state index contributed by atoms with van der Waals surface area (Å²) >= 11 is 12.9. The van der Waals surface area contributed by atoms with Gasteiger partial charge in [-0.1, -0.05) is 23.2 Å². The standard InChI is InChI=1S/C19H14Cl2N2O6S/c1-9(24)22-6-10-2-3-16(30-10)15(25)8-29-17(26)7-23-18(27)11-4-13(20)14(21)5-12(11)19(23)28/h2-5H,6-8H2,1H3,(H,22,24). The zero-order valence-corrected chi connectivity index (χ0v) is 17.8. The number of halogens is 2. The van der Waals surface area contributed by atoms with Crippen molar-refractivity contribution >= 4 is 64.0 Å². The van der Waals surface area contributed by atoms with Crippen LogP contribution < -0.4 is 5.32 Å². The fourth-order valence-electron chi connectivity index (χ4n) is 2.65. The van der Waals surface area contributed by atoms with Gasteiger partial charge in [0, 0.05) is 11.8 Å². The second-order valence-corrected chi connectivity index (χ2v) is 8.25. The van der Waals surface area contributed by atoms with Crippen LogP contribution in [0, 0.1) is 0 Å². The predicted octanol–water partition coefficient (Wildman–Crippen LogP) is 2.71. The molecule has 1 aliphatic rings. The van der Waals surface area contributed by atoms with Gasteiger partial charge in [-0.15, -0.1) is 11.3 Å². The van der Waals surface area contributed by atoms with E-state index in [4.69, 9.17) is 27.9 Å². The monoisotopic (exact) mass is 468 g/mol. The lowest BCUT2D eigenvalue weighted by molar-refractivity contribution is -0.142. The van der Waals surface area contributed by atoms with Crippen molar-refractivity contribution in [3.8, 4) is 0 Å². The molecule has 0 saturated heterocycles. The molecule has 0 aliphatic carbocycles. The summed E-state index contributed by atoms with van der Waals surface area (Å²) in [6.45, 7) is 0.490.